The second kappa shape index (κ2) is 12.1. The molecule has 2 heteroatoms. The molecule has 0 rings (SSSR count). The number of hydrogen-bond donors (Lipinski definition) is 0. The highest BCUT2D eigenvalue weighted by atomic mass is 16.5. The molecule has 0 aromatic heterocycles. The third-order valence-electron chi connectivity index (χ3n) is 1.63. The molecular formula is C12H22O2. The van der Waals surface area contributed by atoms with Crippen LogP contribution in [-0.4, -0.2) is 13.2 Å². The van der Waals surface area contributed by atoms with Gasteiger partial charge in [-0.05, 0) is 25.7 Å². The van der Waals surface area contributed by atoms with Crippen LogP contribution < -0.4 is 0 Å². The summed E-state index contributed by atoms with van der Waals surface area (Å²) in [4.78, 5) is 0. The van der Waals surface area contributed by atoms with E-state index in [0.29, 0.717) is 0 Å². The first kappa shape index (κ1) is 13.1. The molecule has 0 fully saturated rings. The first-order valence-electron chi connectivity index (χ1n) is 5.45. The minimum atomic E-state index is 0.789. The van der Waals surface area contributed by atoms with Gasteiger partial charge >= 0.3 is 0 Å². The highest BCUT2D eigenvalue weighted by molar-refractivity contribution is 4.71. The topological polar surface area (TPSA) is 18.5 Å². The molecule has 0 saturated carbocycles. The van der Waals surface area contributed by atoms with Crippen LogP contribution in [0.25, 0.3) is 0 Å². The Hall–Kier alpha value is -0.920. The summed E-state index contributed by atoms with van der Waals surface area (Å²) in [6.07, 6.45) is 11.7. The minimum Gasteiger partial charge on any atom is -0.502 e. The predicted octanol–water partition coefficient (Wildman–Crippen LogP) is 3.65. The monoisotopic (exact) mass is 198 g/mol. The standard InChI is InChI=1S/C12H22O2/c1-3-5-9-13-11-7-8-12-14-10-6-4-2/h5-6,9-10H,3-4,7-8,11-12H2,1-2H3. The molecule has 14 heavy (non-hydrogen) atoms. The van der Waals surface area contributed by atoms with Crippen LogP contribution in [0.5, 0.6) is 0 Å². The summed E-state index contributed by atoms with van der Waals surface area (Å²) in [7, 11) is 0. The quantitative estimate of drug-likeness (QED) is 0.416. The zero-order valence-corrected chi connectivity index (χ0v) is 9.37. The highest BCUT2D eigenvalue weighted by Gasteiger charge is 1.86. The van der Waals surface area contributed by atoms with Gasteiger partial charge in [-0.2, -0.15) is 0 Å². The second-order valence-electron chi connectivity index (χ2n) is 3.01. The van der Waals surface area contributed by atoms with Crippen molar-refractivity contribution >= 4 is 0 Å². The Labute approximate surface area is 87.6 Å². The summed E-state index contributed by atoms with van der Waals surface area (Å²) in [6.45, 7) is 5.76. The summed E-state index contributed by atoms with van der Waals surface area (Å²) >= 11 is 0. The predicted molar refractivity (Wildman–Crippen MR) is 60.0 cm³/mol. The zero-order valence-electron chi connectivity index (χ0n) is 9.37. The normalized spacial score (nSPS) is 11.3. The lowest BCUT2D eigenvalue weighted by Crippen LogP contribution is -1.92. The lowest BCUT2D eigenvalue weighted by Gasteiger charge is -2.01. The summed E-state index contributed by atoms with van der Waals surface area (Å²) in [5, 5.41) is 0. The molecule has 0 aromatic rings. The van der Waals surface area contributed by atoms with Crippen molar-refractivity contribution < 1.29 is 9.47 Å². The average Bonchev–Trinajstić information content (AvgIpc) is 2.21. The summed E-state index contributed by atoms with van der Waals surface area (Å²) in [5.41, 5.74) is 0. The number of allylic oxidation sites excluding steroid dienone is 2. The van der Waals surface area contributed by atoms with Crippen LogP contribution in [0.15, 0.2) is 24.7 Å². The maximum atomic E-state index is 5.25. The summed E-state index contributed by atoms with van der Waals surface area (Å²) < 4.78 is 10.5. The van der Waals surface area contributed by atoms with E-state index in [1.165, 1.54) is 0 Å². The van der Waals surface area contributed by atoms with Gasteiger partial charge in [0, 0.05) is 0 Å². The van der Waals surface area contributed by atoms with Crippen LogP contribution in [0.4, 0.5) is 0 Å². The van der Waals surface area contributed by atoms with Crippen LogP contribution in [0, 0.1) is 0 Å². The van der Waals surface area contributed by atoms with E-state index in [1.807, 2.05) is 12.2 Å². The number of hydrogen-bond acceptors (Lipinski definition) is 2. The van der Waals surface area contributed by atoms with Gasteiger partial charge in [-0.1, -0.05) is 26.0 Å². The molecule has 0 radical (unpaired) electrons. The smallest absolute Gasteiger partial charge is 0.0874 e. The van der Waals surface area contributed by atoms with Crippen molar-refractivity contribution in [2.45, 2.75) is 39.5 Å². The van der Waals surface area contributed by atoms with Gasteiger partial charge in [0.2, 0.25) is 0 Å². The van der Waals surface area contributed by atoms with Crippen molar-refractivity contribution in [3.05, 3.63) is 24.7 Å². The Morgan fingerprint density at radius 1 is 0.786 bits per heavy atom. The van der Waals surface area contributed by atoms with E-state index in [2.05, 4.69) is 13.8 Å². The molecule has 0 atom stereocenters. The molecule has 0 aromatic carbocycles. The Morgan fingerprint density at radius 2 is 1.21 bits per heavy atom. The van der Waals surface area contributed by atoms with Gasteiger partial charge in [-0.25, -0.2) is 0 Å². The molecule has 0 aliphatic rings. The molecular weight excluding hydrogens is 176 g/mol. The lowest BCUT2D eigenvalue weighted by molar-refractivity contribution is 0.204. The summed E-state index contributed by atoms with van der Waals surface area (Å²) in [6, 6.07) is 0. The minimum absolute atomic E-state index is 0.789. The van der Waals surface area contributed by atoms with Gasteiger partial charge in [0.15, 0.2) is 0 Å². The largest absolute Gasteiger partial charge is 0.502 e. The molecule has 0 aliphatic heterocycles. The fourth-order valence-electron chi connectivity index (χ4n) is 0.835. The number of ether oxygens (including phenoxy) is 2. The number of rotatable bonds is 9. The van der Waals surface area contributed by atoms with Crippen LogP contribution in [0.2, 0.25) is 0 Å². The highest BCUT2D eigenvalue weighted by Crippen LogP contribution is 1.93. The maximum absolute atomic E-state index is 5.25. The number of unbranched alkanes of at least 4 members (excludes halogenated alkanes) is 1. The Balaban J connectivity index is 2.99. The first-order chi connectivity index (χ1) is 6.91. The summed E-state index contributed by atoms with van der Waals surface area (Å²) in [5.74, 6) is 0. The maximum Gasteiger partial charge on any atom is 0.0874 e. The molecule has 0 amide bonds. The Kier molecular flexibility index (Phi) is 11.3. The van der Waals surface area contributed by atoms with Crippen LogP contribution in [0.1, 0.15) is 39.5 Å². The lowest BCUT2D eigenvalue weighted by atomic mass is 10.3. The van der Waals surface area contributed by atoms with Crippen molar-refractivity contribution in [1.82, 2.24) is 0 Å². The van der Waals surface area contributed by atoms with Gasteiger partial charge in [-0.3, -0.25) is 0 Å². The fraction of sp³-hybridized carbons (Fsp3) is 0.667. The molecule has 0 unspecified atom stereocenters. The molecule has 0 spiro atoms. The van der Waals surface area contributed by atoms with Gasteiger partial charge in [0.25, 0.3) is 0 Å². The molecule has 0 saturated heterocycles. The van der Waals surface area contributed by atoms with E-state index in [4.69, 9.17) is 9.47 Å². The van der Waals surface area contributed by atoms with Gasteiger partial charge < -0.3 is 9.47 Å². The second-order valence-corrected chi connectivity index (χ2v) is 3.01. The van der Waals surface area contributed by atoms with E-state index in [-0.39, 0.29) is 0 Å². The average molecular weight is 198 g/mol. The van der Waals surface area contributed by atoms with E-state index in [0.717, 1.165) is 38.9 Å². The third kappa shape index (κ3) is 11.1. The van der Waals surface area contributed by atoms with E-state index in [9.17, 15) is 0 Å². The van der Waals surface area contributed by atoms with Gasteiger partial charge in [-0.15, -0.1) is 0 Å². The first-order valence-corrected chi connectivity index (χ1v) is 5.45. The SMILES string of the molecule is CCC=COCCCCOC=CCC. The van der Waals surface area contributed by atoms with Crippen molar-refractivity contribution in [3.63, 3.8) is 0 Å². The van der Waals surface area contributed by atoms with Crippen molar-refractivity contribution in [3.8, 4) is 0 Å². The van der Waals surface area contributed by atoms with Crippen LogP contribution >= 0.6 is 0 Å². The van der Waals surface area contributed by atoms with Gasteiger partial charge in [0.1, 0.15) is 0 Å². The fourth-order valence-corrected chi connectivity index (χ4v) is 0.835. The Bertz CT molecular complexity index is 132. The third-order valence-corrected chi connectivity index (χ3v) is 1.63. The Morgan fingerprint density at radius 3 is 1.57 bits per heavy atom. The van der Waals surface area contributed by atoms with Crippen LogP contribution in [0.3, 0.4) is 0 Å². The van der Waals surface area contributed by atoms with Gasteiger partial charge in [0.05, 0.1) is 25.7 Å². The molecule has 0 aliphatic carbocycles. The van der Waals surface area contributed by atoms with E-state index < -0.39 is 0 Å². The van der Waals surface area contributed by atoms with Crippen molar-refractivity contribution in [2.24, 2.45) is 0 Å². The molecule has 82 valence electrons. The molecule has 0 N–H and O–H groups in total. The zero-order chi connectivity index (χ0) is 10.5. The molecule has 0 heterocycles. The molecule has 2 nitrogen and oxygen atoms in total. The van der Waals surface area contributed by atoms with Crippen molar-refractivity contribution in [1.29, 1.82) is 0 Å². The van der Waals surface area contributed by atoms with E-state index in [1.54, 1.807) is 12.5 Å². The van der Waals surface area contributed by atoms with Crippen LogP contribution in [-0.2, 0) is 9.47 Å². The van der Waals surface area contributed by atoms with Crippen molar-refractivity contribution in [2.75, 3.05) is 13.2 Å². The van der Waals surface area contributed by atoms with E-state index >= 15 is 0 Å². The molecule has 0 bridgehead atoms.